The molecule has 0 atom stereocenters. The highest BCUT2D eigenvalue weighted by Gasteiger charge is 2.12. The lowest BCUT2D eigenvalue weighted by molar-refractivity contribution is 0.589. The number of hydrogen-bond acceptors (Lipinski definition) is 6. The summed E-state index contributed by atoms with van der Waals surface area (Å²) in [6.45, 7) is 9.59. The van der Waals surface area contributed by atoms with E-state index in [9.17, 15) is 8.42 Å². The zero-order valence-electron chi connectivity index (χ0n) is 13.3. The summed E-state index contributed by atoms with van der Waals surface area (Å²) in [7, 11) is -3.16. The average Bonchev–Trinajstić information content (AvgIpc) is 2.37. The molecule has 0 aliphatic heterocycles. The van der Waals surface area contributed by atoms with E-state index in [2.05, 4.69) is 25.3 Å². The third kappa shape index (κ3) is 5.84. The molecule has 1 aromatic rings. The van der Waals surface area contributed by atoms with E-state index in [0.29, 0.717) is 13.1 Å². The van der Waals surface area contributed by atoms with Gasteiger partial charge in [-0.3, -0.25) is 0 Å². The fourth-order valence-electron chi connectivity index (χ4n) is 1.72. The van der Waals surface area contributed by atoms with E-state index in [1.165, 1.54) is 0 Å². The maximum absolute atomic E-state index is 11.0. The second-order valence-corrected chi connectivity index (χ2v) is 7.02. The molecule has 1 rings (SSSR count). The number of nitrogens with one attached hydrogen (secondary N) is 3. The molecule has 0 spiro atoms. The minimum absolute atomic E-state index is 0.220. The molecule has 0 fully saturated rings. The second kappa shape index (κ2) is 7.56. The molecule has 0 saturated carbocycles. The van der Waals surface area contributed by atoms with Crippen molar-refractivity contribution in [3.8, 4) is 0 Å². The van der Waals surface area contributed by atoms with Gasteiger partial charge < -0.3 is 10.6 Å². The van der Waals surface area contributed by atoms with Crippen molar-refractivity contribution in [2.75, 3.05) is 36.5 Å². The zero-order chi connectivity index (χ0) is 16.0. The maximum Gasteiger partial charge on any atom is 0.208 e. The van der Waals surface area contributed by atoms with Crippen LogP contribution in [0.25, 0.3) is 0 Å². The van der Waals surface area contributed by atoms with Crippen molar-refractivity contribution >= 4 is 21.7 Å². The van der Waals surface area contributed by atoms with Gasteiger partial charge in [0, 0.05) is 31.1 Å². The number of sulfonamides is 1. The van der Waals surface area contributed by atoms with Gasteiger partial charge in [-0.1, -0.05) is 13.8 Å². The van der Waals surface area contributed by atoms with Crippen LogP contribution < -0.4 is 15.4 Å². The SMILES string of the molecule is CCNc1nc(C(C)C)nc(NCCNS(C)(=O)=O)c1C. The Labute approximate surface area is 127 Å². The van der Waals surface area contributed by atoms with Gasteiger partial charge in [0.15, 0.2) is 0 Å². The van der Waals surface area contributed by atoms with Crippen LogP contribution in [0.5, 0.6) is 0 Å². The lowest BCUT2D eigenvalue weighted by Crippen LogP contribution is -2.28. The van der Waals surface area contributed by atoms with Crippen molar-refractivity contribution in [1.82, 2.24) is 14.7 Å². The molecule has 120 valence electrons. The standard InChI is InChI=1S/C13H25N5O2S/c1-6-14-12-10(4)13(18-11(17-12)9(2)3)15-7-8-16-21(5,19)20/h9,16H,6-8H2,1-5H3,(H2,14,15,17,18). The van der Waals surface area contributed by atoms with Crippen LogP contribution in [0.15, 0.2) is 0 Å². The molecule has 1 heterocycles. The minimum atomic E-state index is -3.16. The summed E-state index contributed by atoms with van der Waals surface area (Å²) in [5.74, 6) is 2.53. The van der Waals surface area contributed by atoms with Gasteiger partial charge in [-0.25, -0.2) is 23.1 Å². The fraction of sp³-hybridized carbons (Fsp3) is 0.692. The molecule has 0 unspecified atom stereocenters. The van der Waals surface area contributed by atoms with E-state index < -0.39 is 10.0 Å². The Morgan fingerprint density at radius 1 is 1.10 bits per heavy atom. The molecular weight excluding hydrogens is 290 g/mol. The van der Waals surface area contributed by atoms with Gasteiger partial charge in [-0.2, -0.15) is 0 Å². The number of hydrogen-bond donors (Lipinski definition) is 3. The van der Waals surface area contributed by atoms with Crippen molar-refractivity contribution < 1.29 is 8.42 Å². The van der Waals surface area contributed by atoms with Crippen LogP contribution in [0, 0.1) is 6.92 Å². The molecule has 0 radical (unpaired) electrons. The van der Waals surface area contributed by atoms with Gasteiger partial charge in [0.25, 0.3) is 0 Å². The van der Waals surface area contributed by atoms with E-state index in [4.69, 9.17) is 0 Å². The van der Waals surface area contributed by atoms with Crippen molar-refractivity contribution in [2.45, 2.75) is 33.6 Å². The van der Waals surface area contributed by atoms with Gasteiger partial charge in [-0.15, -0.1) is 0 Å². The molecule has 8 heteroatoms. The van der Waals surface area contributed by atoms with Crippen LogP contribution in [0.4, 0.5) is 11.6 Å². The lowest BCUT2D eigenvalue weighted by Gasteiger charge is -2.16. The largest absolute Gasteiger partial charge is 0.370 e. The monoisotopic (exact) mass is 315 g/mol. The Morgan fingerprint density at radius 3 is 2.14 bits per heavy atom. The summed E-state index contributed by atoms with van der Waals surface area (Å²) >= 11 is 0. The van der Waals surface area contributed by atoms with Crippen LogP contribution in [0.2, 0.25) is 0 Å². The van der Waals surface area contributed by atoms with Gasteiger partial charge >= 0.3 is 0 Å². The number of nitrogens with zero attached hydrogens (tertiary/aromatic N) is 2. The van der Waals surface area contributed by atoms with E-state index in [-0.39, 0.29) is 5.92 Å². The molecule has 3 N–H and O–H groups in total. The Bertz CT molecular complexity index is 572. The smallest absolute Gasteiger partial charge is 0.208 e. The molecule has 0 amide bonds. The van der Waals surface area contributed by atoms with Gasteiger partial charge in [-0.05, 0) is 13.8 Å². The highest BCUT2D eigenvalue weighted by molar-refractivity contribution is 7.88. The first-order valence-electron chi connectivity index (χ1n) is 7.05. The summed E-state index contributed by atoms with van der Waals surface area (Å²) in [5, 5.41) is 6.39. The summed E-state index contributed by atoms with van der Waals surface area (Å²) in [5.41, 5.74) is 0.931. The number of rotatable bonds is 8. The van der Waals surface area contributed by atoms with Gasteiger partial charge in [0.1, 0.15) is 17.5 Å². The van der Waals surface area contributed by atoms with E-state index in [0.717, 1.165) is 35.8 Å². The molecule has 0 aromatic carbocycles. The van der Waals surface area contributed by atoms with Gasteiger partial charge in [0.05, 0.1) is 6.26 Å². The Balaban J connectivity index is 2.84. The normalized spacial score (nSPS) is 11.7. The van der Waals surface area contributed by atoms with Crippen LogP contribution >= 0.6 is 0 Å². The van der Waals surface area contributed by atoms with Crippen LogP contribution in [-0.4, -0.2) is 44.3 Å². The molecule has 0 aliphatic rings. The molecule has 21 heavy (non-hydrogen) atoms. The molecule has 0 bridgehead atoms. The molecular formula is C13H25N5O2S. The molecule has 7 nitrogen and oxygen atoms in total. The van der Waals surface area contributed by atoms with E-state index in [1.54, 1.807) is 0 Å². The predicted octanol–water partition coefficient (Wildman–Crippen LogP) is 1.30. The summed E-state index contributed by atoms with van der Waals surface area (Å²) in [6.07, 6.45) is 1.14. The molecule has 0 aliphatic carbocycles. The first-order chi connectivity index (χ1) is 9.74. The summed E-state index contributed by atoms with van der Waals surface area (Å²) < 4.78 is 24.5. The topological polar surface area (TPSA) is 96.0 Å². The van der Waals surface area contributed by atoms with Crippen LogP contribution in [-0.2, 0) is 10.0 Å². The average molecular weight is 315 g/mol. The summed E-state index contributed by atoms with van der Waals surface area (Å²) in [6, 6.07) is 0. The minimum Gasteiger partial charge on any atom is -0.370 e. The Morgan fingerprint density at radius 2 is 1.67 bits per heavy atom. The van der Waals surface area contributed by atoms with Crippen molar-refractivity contribution in [2.24, 2.45) is 0 Å². The third-order valence-electron chi connectivity index (χ3n) is 2.81. The zero-order valence-corrected chi connectivity index (χ0v) is 14.1. The lowest BCUT2D eigenvalue weighted by atomic mass is 10.2. The first kappa shape index (κ1) is 17.6. The van der Waals surface area contributed by atoms with Crippen LogP contribution in [0.3, 0.4) is 0 Å². The first-order valence-corrected chi connectivity index (χ1v) is 8.94. The number of aromatic nitrogens is 2. The molecule has 0 saturated heterocycles. The highest BCUT2D eigenvalue weighted by atomic mass is 32.2. The summed E-state index contributed by atoms with van der Waals surface area (Å²) in [4.78, 5) is 9.03. The van der Waals surface area contributed by atoms with E-state index >= 15 is 0 Å². The highest BCUT2D eigenvalue weighted by Crippen LogP contribution is 2.22. The van der Waals surface area contributed by atoms with Crippen molar-refractivity contribution in [1.29, 1.82) is 0 Å². The van der Waals surface area contributed by atoms with Crippen molar-refractivity contribution in [3.63, 3.8) is 0 Å². The maximum atomic E-state index is 11.0. The Kier molecular flexibility index (Phi) is 6.35. The second-order valence-electron chi connectivity index (χ2n) is 5.18. The molecule has 1 aromatic heterocycles. The predicted molar refractivity (Wildman–Crippen MR) is 86.4 cm³/mol. The van der Waals surface area contributed by atoms with Crippen molar-refractivity contribution in [3.05, 3.63) is 11.4 Å². The number of anilines is 2. The fourth-order valence-corrected chi connectivity index (χ4v) is 2.19. The third-order valence-corrected chi connectivity index (χ3v) is 3.53. The van der Waals surface area contributed by atoms with E-state index in [1.807, 2.05) is 27.7 Å². The van der Waals surface area contributed by atoms with Gasteiger partial charge in [0.2, 0.25) is 10.0 Å². The Hall–Kier alpha value is -1.41. The quantitative estimate of drug-likeness (QED) is 0.626. The van der Waals surface area contributed by atoms with Crippen LogP contribution in [0.1, 0.15) is 38.1 Å².